The van der Waals surface area contributed by atoms with Crippen molar-refractivity contribution in [2.45, 2.75) is 77.6 Å². The fraction of sp³-hybridized carbons (Fsp3) is 0.609. The second-order valence-electron chi connectivity index (χ2n) is 10.5. The molecule has 0 aromatic carbocycles. The standard InChI is InChI=1S/C23H36N6O4SSi/c1-6-10-34(30,31)28-18-12-17(13-18)25-21-19-7-8-29(15-32-9-11-35(3,4)5)22(19)24-14-20(21)23-27-26-16(2)33-23/h7-8,14,17-18,28H,6,9-13,15H2,1-5H3,(H,24,25)/t17-,18+. The predicted octanol–water partition coefficient (Wildman–Crippen LogP) is 3.98. The van der Waals surface area contributed by atoms with Gasteiger partial charge in [0.25, 0.3) is 5.89 Å². The molecule has 1 aliphatic carbocycles. The van der Waals surface area contributed by atoms with Gasteiger partial charge in [-0.1, -0.05) is 26.6 Å². The molecule has 4 rings (SSSR count). The van der Waals surface area contributed by atoms with Crippen LogP contribution in [-0.2, 0) is 21.5 Å². The summed E-state index contributed by atoms with van der Waals surface area (Å²) in [7, 11) is -4.38. The Morgan fingerprint density at radius 2 is 2.00 bits per heavy atom. The summed E-state index contributed by atoms with van der Waals surface area (Å²) in [6.07, 6.45) is 5.73. The SMILES string of the molecule is CCCS(=O)(=O)N[C@H]1C[C@@H](Nc2c(-c3nnc(C)o3)cnc3c2ccn3COCC[Si](C)(C)C)C1. The molecule has 3 aromatic rings. The Balaban J connectivity index is 1.53. The number of pyridine rings is 1. The largest absolute Gasteiger partial charge is 0.421 e. The zero-order valence-corrected chi connectivity index (χ0v) is 23.0. The molecule has 3 heterocycles. The van der Waals surface area contributed by atoms with E-state index in [4.69, 9.17) is 9.15 Å². The molecule has 35 heavy (non-hydrogen) atoms. The van der Waals surface area contributed by atoms with E-state index in [1.807, 2.05) is 23.8 Å². The molecule has 0 saturated heterocycles. The zero-order chi connectivity index (χ0) is 25.2. The third-order valence-corrected chi connectivity index (χ3v) is 9.42. The van der Waals surface area contributed by atoms with Crippen molar-refractivity contribution in [2.24, 2.45) is 0 Å². The van der Waals surface area contributed by atoms with Gasteiger partial charge in [-0.15, -0.1) is 10.2 Å². The normalized spacial score (nSPS) is 18.7. The number of sulfonamides is 1. The van der Waals surface area contributed by atoms with Crippen molar-refractivity contribution in [3.8, 4) is 11.5 Å². The van der Waals surface area contributed by atoms with Crippen LogP contribution in [0.3, 0.4) is 0 Å². The van der Waals surface area contributed by atoms with Gasteiger partial charge < -0.3 is 19.0 Å². The van der Waals surface area contributed by atoms with Crippen molar-refractivity contribution in [1.29, 1.82) is 0 Å². The van der Waals surface area contributed by atoms with E-state index < -0.39 is 18.1 Å². The van der Waals surface area contributed by atoms with Gasteiger partial charge in [0.05, 0.1) is 17.0 Å². The van der Waals surface area contributed by atoms with Gasteiger partial charge in [-0.2, -0.15) is 0 Å². The fourth-order valence-corrected chi connectivity index (χ4v) is 6.24. The van der Waals surface area contributed by atoms with Crippen molar-refractivity contribution in [1.82, 2.24) is 24.5 Å². The Bertz CT molecular complexity index is 1260. The first-order valence-electron chi connectivity index (χ1n) is 12.2. The maximum atomic E-state index is 12.1. The van der Waals surface area contributed by atoms with Crippen LogP contribution >= 0.6 is 0 Å². The smallest absolute Gasteiger partial charge is 0.251 e. The van der Waals surface area contributed by atoms with Crippen molar-refractivity contribution in [2.75, 3.05) is 17.7 Å². The highest BCUT2D eigenvalue weighted by atomic mass is 32.2. The van der Waals surface area contributed by atoms with Crippen molar-refractivity contribution >= 4 is 34.8 Å². The molecule has 0 radical (unpaired) electrons. The summed E-state index contributed by atoms with van der Waals surface area (Å²) in [5.41, 5.74) is 2.39. The van der Waals surface area contributed by atoms with Crippen molar-refractivity contribution in [3.05, 3.63) is 24.4 Å². The molecular formula is C23H36N6O4SSi. The highest BCUT2D eigenvalue weighted by Gasteiger charge is 2.33. The summed E-state index contributed by atoms with van der Waals surface area (Å²) in [5.74, 6) is 1.03. The molecule has 3 aromatic heterocycles. The number of nitrogens with one attached hydrogen (secondary N) is 2. The van der Waals surface area contributed by atoms with Gasteiger partial charge in [-0.25, -0.2) is 18.1 Å². The maximum Gasteiger partial charge on any atom is 0.251 e. The number of hydrogen-bond acceptors (Lipinski definition) is 8. The molecule has 1 aliphatic rings. The molecule has 12 heteroatoms. The van der Waals surface area contributed by atoms with Crippen LogP contribution in [0, 0.1) is 6.92 Å². The number of ether oxygens (including phenoxy) is 1. The van der Waals surface area contributed by atoms with Crippen LogP contribution in [0.25, 0.3) is 22.5 Å². The van der Waals surface area contributed by atoms with Gasteiger partial charge in [-0.05, 0) is 31.4 Å². The maximum absolute atomic E-state index is 12.1. The number of hydrogen-bond donors (Lipinski definition) is 2. The minimum Gasteiger partial charge on any atom is -0.421 e. The summed E-state index contributed by atoms with van der Waals surface area (Å²) in [6.45, 7) is 11.8. The molecule has 1 saturated carbocycles. The van der Waals surface area contributed by atoms with Gasteiger partial charge in [-0.3, -0.25) is 0 Å². The fourth-order valence-electron chi connectivity index (χ4n) is 4.12. The first-order valence-corrected chi connectivity index (χ1v) is 17.5. The number of nitrogens with zero attached hydrogens (tertiary/aromatic N) is 4. The number of aromatic nitrogens is 4. The average Bonchev–Trinajstić information content (AvgIpc) is 3.35. The molecular weight excluding hydrogens is 484 g/mol. The molecule has 1 fully saturated rings. The number of aryl methyl sites for hydroxylation is 1. The number of fused-ring (bicyclic) bond motifs is 1. The zero-order valence-electron chi connectivity index (χ0n) is 21.2. The Morgan fingerprint density at radius 1 is 1.23 bits per heavy atom. The van der Waals surface area contributed by atoms with Crippen LogP contribution in [0.1, 0.15) is 32.1 Å². The minimum absolute atomic E-state index is 0.0557. The molecule has 0 bridgehead atoms. The average molecular weight is 521 g/mol. The van der Waals surface area contributed by atoms with E-state index in [-0.39, 0.29) is 17.8 Å². The van der Waals surface area contributed by atoms with Gasteiger partial charge in [0.1, 0.15) is 12.4 Å². The first kappa shape index (κ1) is 25.8. The van der Waals surface area contributed by atoms with E-state index in [0.717, 1.165) is 34.9 Å². The van der Waals surface area contributed by atoms with Gasteiger partial charge in [0.2, 0.25) is 15.9 Å². The molecule has 0 atom stereocenters. The molecule has 2 N–H and O–H groups in total. The lowest BCUT2D eigenvalue weighted by Crippen LogP contribution is -2.50. The Kier molecular flexibility index (Phi) is 7.64. The summed E-state index contributed by atoms with van der Waals surface area (Å²) in [6, 6.07) is 3.19. The van der Waals surface area contributed by atoms with Crippen LogP contribution in [0.4, 0.5) is 5.69 Å². The summed E-state index contributed by atoms with van der Waals surface area (Å²) < 4.78 is 40.6. The van der Waals surface area contributed by atoms with E-state index >= 15 is 0 Å². The summed E-state index contributed by atoms with van der Waals surface area (Å²) in [4.78, 5) is 4.68. The van der Waals surface area contributed by atoms with Crippen LogP contribution in [0.15, 0.2) is 22.9 Å². The summed E-state index contributed by atoms with van der Waals surface area (Å²) >= 11 is 0. The lowest BCUT2D eigenvalue weighted by atomic mass is 9.87. The highest BCUT2D eigenvalue weighted by molar-refractivity contribution is 7.89. The van der Waals surface area contributed by atoms with Crippen molar-refractivity contribution < 1.29 is 17.6 Å². The highest BCUT2D eigenvalue weighted by Crippen LogP contribution is 2.36. The molecule has 192 valence electrons. The molecule has 0 unspecified atom stereocenters. The quantitative estimate of drug-likeness (QED) is 0.271. The van der Waals surface area contributed by atoms with Crippen LogP contribution in [-0.4, -0.2) is 60.7 Å². The Hall–Kier alpha value is -2.28. The van der Waals surface area contributed by atoms with Crippen LogP contribution < -0.4 is 10.0 Å². The molecule has 0 spiro atoms. The number of rotatable bonds is 12. The second kappa shape index (κ2) is 10.4. The lowest BCUT2D eigenvalue weighted by molar-refractivity contribution is 0.0899. The second-order valence-corrected chi connectivity index (χ2v) is 18.0. The van der Waals surface area contributed by atoms with Gasteiger partial charge in [0.15, 0.2) is 0 Å². The minimum atomic E-state index is -3.22. The summed E-state index contributed by atoms with van der Waals surface area (Å²) in [5, 5.41) is 12.7. The number of anilines is 1. The lowest BCUT2D eigenvalue weighted by Gasteiger charge is -2.37. The Morgan fingerprint density at radius 3 is 2.66 bits per heavy atom. The topological polar surface area (TPSA) is 124 Å². The van der Waals surface area contributed by atoms with E-state index in [1.165, 1.54) is 0 Å². The molecule has 0 amide bonds. The van der Waals surface area contributed by atoms with Gasteiger partial charge >= 0.3 is 0 Å². The van der Waals surface area contributed by atoms with E-state index in [2.05, 4.69) is 44.9 Å². The van der Waals surface area contributed by atoms with E-state index in [0.29, 0.717) is 37.8 Å². The third kappa shape index (κ3) is 6.49. The first-order chi connectivity index (χ1) is 16.5. The van der Waals surface area contributed by atoms with E-state index in [9.17, 15) is 8.42 Å². The monoisotopic (exact) mass is 520 g/mol. The van der Waals surface area contributed by atoms with Crippen LogP contribution in [0.5, 0.6) is 0 Å². The van der Waals surface area contributed by atoms with E-state index in [1.54, 1.807) is 13.1 Å². The third-order valence-electron chi connectivity index (χ3n) is 6.08. The predicted molar refractivity (Wildman–Crippen MR) is 140 cm³/mol. The Labute approximate surface area is 207 Å². The molecule has 0 aliphatic heterocycles. The molecule has 10 nitrogen and oxygen atoms in total. The van der Waals surface area contributed by atoms with Gasteiger partial charge in [0, 0.05) is 51.5 Å². The van der Waals surface area contributed by atoms with Crippen molar-refractivity contribution in [3.63, 3.8) is 0 Å². The van der Waals surface area contributed by atoms with Crippen LogP contribution in [0.2, 0.25) is 25.7 Å².